The number of nitrogens with zero attached hydrogens (tertiary/aromatic N) is 3. The number of aromatic nitrogens is 1. The molecule has 9 heteroatoms. The quantitative estimate of drug-likeness (QED) is 0.364. The summed E-state index contributed by atoms with van der Waals surface area (Å²) in [4.78, 5) is 40.3. The first-order valence-electron chi connectivity index (χ1n) is 10.4. The summed E-state index contributed by atoms with van der Waals surface area (Å²) in [5.74, 6) is -1.20. The van der Waals surface area contributed by atoms with Crippen LogP contribution in [0.3, 0.4) is 0 Å². The van der Waals surface area contributed by atoms with Crippen molar-refractivity contribution in [1.82, 2.24) is 9.47 Å². The smallest absolute Gasteiger partial charge is 0.271 e. The van der Waals surface area contributed by atoms with Crippen LogP contribution in [0.15, 0.2) is 40.0 Å². The van der Waals surface area contributed by atoms with Crippen molar-refractivity contribution in [3.05, 3.63) is 67.8 Å². The van der Waals surface area contributed by atoms with E-state index in [0.717, 1.165) is 10.1 Å². The van der Waals surface area contributed by atoms with Crippen LogP contribution < -0.4 is 5.56 Å². The second-order valence-electron chi connectivity index (χ2n) is 8.04. The van der Waals surface area contributed by atoms with Crippen LogP contribution in [-0.4, -0.2) is 37.1 Å². The summed E-state index contributed by atoms with van der Waals surface area (Å²) < 4.78 is 1.41. The van der Waals surface area contributed by atoms with Crippen LogP contribution in [0.2, 0.25) is 0 Å². The molecule has 1 aliphatic rings. The molecule has 3 rings (SSSR count). The molecule has 2 heterocycles. The number of Topliss-reactive ketones (excluding diaryl/α,β-unsaturated/α-hetero) is 1. The number of ketones is 1. The molecule has 33 heavy (non-hydrogen) atoms. The van der Waals surface area contributed by atoms with Crippen molar-refractivity contribution in [1.29, 1.82) is 5.26 Å². The Morgan fingerprint density at radius 2 is 1.94 bits per heavy atom. The molecule has 7 nitrogen and oxygen atoms in total. The highest BCUT2D eigenvalue weighted by Crippen LogP contribution is 2.33. The third-order valence-electron chi connectivity index (χ3n) is 5.16. The summed E-state index contributed by atoms with van der Waals surface area (Å²) in [6, 6.07) is 11.2. The topological polar surface area (TPSA) is 103 Å². The van der Waals surface area contributed by atoms with Gasteiger partial charge in [0.2, 0.25) is 5.88 Å². The predicted molar refractivity (Wildman–Crippen MR) is 132 cm³/mol. The predicted octanol–water partition coefficient (Wildman–Crippen LogP) is 3.86. The lowest BCUT2D eigenvalue weighted by atomic mass is 9.99. The Hall–Kier alpha value is -3.22. The Morgan fingerprint density at radius 1 is 1.27 bits per heavy atom. The van der Waals surface area contributed by atoms with Crippen molar-refractivity contribution in [3.8, 4) is 11.9 Å². The number of thioether (sulfide) groups is 1. The monoisotopic (exact) mass is 481 g/mol. The molecule has 0 spiro atoms. The average molecular weight is 482 g/mol. The van der Waals surface area contributed by atoms with Crippen LogP contribution in [0.4, 0.5) is 0 Å². The maximum Gasteiger partial charge on any atom is 0.271 e. The van der Waals surface area contributed by atoms with Gasteiger partial charge in [-0.2, -0.15) is 5.26 Å². The number of hydrogen-bond donors (Lipinski definition) is 1. The van der Waals surface area contributed by atoms with Crippen molar-refractivity contribution in [2.24, 2.45) is 5.92 Å². The summed E-state index contributed by atoms with van der Waals surface area (Å²) in [5, 5.41) is 20.1. The van der Waals surface area contributed by atoms with Crippen molar-refractivity contribution in [2.45, 2.75) is 33.7 Å². The van der Waals surface area contributed by atoms with Gasteiger partial charge < -0.3 is 5.11 Å². The molecule has 1 N–H and O–H groups in total. The van der Waals surface area contributed by atoms with E-state index in [-0.39, 0.29) is 48.0 Å². The third kappa shape index (κ3) is 5.07. The van der Waals surface area contributed by atoms with Crippen LogP contribution in [0.1, 0.15) is 47.3 Å². The summed E-state index contributed by atoms with van der Waals surface area (Å²) in [7, 11) is 0. The Balaban J connectivity index is 1.85. The molecule has 170 valence electrons. The molecule has 0 unspecified atom stereocenters. The molecule has 0 saturated carbocycles. The summed E-state index contributed by atoms with van der Waals surface area (Å²) in [6.07, 6.45) is 1.63. The van der Waals surface area contributed by atoms with E-state index in [1.54, 1.807) is 6.08 Å². The molecule has 1 aromatic heterocycles. The van der Waals surface area contributed by atoms with Crippen LogP contribution in [0, 0.1) is 24.2 Å². The number of nitriles is 1. The van der Waals surface area contributed by atoms with Gasteiger partial charge in [-0.1, -0.05) is 68.2 Å². The van der Waals surface area contributed by atoms with E-state index in [4.69, 9.17) is 12.2 Å². The van der Waals surface area contributed by atoms with Crippen LogP contribution in [0.5, 0.6) is 5.88 Å². The molecule has 1 amide bonds. The minimum Gasteiger partial charge on any atom is -0.494 e. The Kier molecular flexibility index (Phi) is 7.51. The molecule has 0 radical (unpaired) electrons. The molecule has 2 aromatic rings. The average Bonchev–Trinajstić information content (AvgIpc) is 3.03. The van der Waals surface area contributed by atoms with Crippen molar-refractivity contribution in [3.63, 3.8) is 0 Å². The number of rotatable bonds is 7. The van der Waals surface area contributed by atoms with Crippen LogP contribution >= 0.6 is 24.0 Å². The van der Waals surface area contributed by atoms with Gasteiger partial charge in [0.05, 0.1) is 10.5 Å². The number of hydrogen-bond acceptors (Lipinski definition) is 7. The van der Waals surface area contributed by atoms with Crippen molar-refractivity contribution in [2.75, 3.05) is 6.54 Å². The SMILES string of the molecule is Cc1c(C(=O)CCN2C(=O)/C(=C/c3ccccc3)SC2=S)c(O)n(CC(C)C)c(=O)c1C#N. The molecule has 0 bridgehead atoms. The highest BCUT2D eigenvalue weighted by atomic mass is 32.2. The van der Waals surface area contributed by atoms with Crippen LogP contribution in [0.25, 0.3) is 6.08 Å². The van der Waals surface area contributed by atoms with Gasteiger partial charge in [0, 0.05) is 19.5 Å². The molecule has 0 atom stereocenters. The standard InChI is InChI=1S/C24H23N3O4S2/c1-14(2)13-27-21(29)17(12-25)15(3)20(23(27)31)18(28)9-10-26-22(30)19(33-24(26)32)11-16-7-5-4-6-8-16/h4-8,11,14,31H,9-10,13H2,1-3H3/b19-11-. The number of amides is 1. The number of pyridine rings is 1. The van der Waals surface area contributed by atoms with E-state index in [1.165, 1.54) is 23.6 Å². The Labute approximate surface area is 201 Å². The second-order valence-corrected chi connectivity index (χ2v) is 9.71. The van der Waals surface area contributed by atoms with Crippen LogP contribution in [-0.2, 0) is 11.3 Å². The zero-order valence-corrected chi connectivity index (χ0v) is 20.1. The van der Waals surface area contributed by atoms with Gasteiger partial charge in [0.25, 0.3) is 11.5 Å². The summed E-state index contributed by atoms with van der Waals surface area (Å²) >= 11 is 6.50. The van der Waals surface area contributed by atoms with Gasteiger partial charge in [-0.15, -0.1) is 0 Å². The lowest BCUT2D eigenvalue weighted by Crippen LogP contribution is -2.31. The highest BCUT2D eigenvalue weighted by Gasteiger charge is 2.33. The lowest BCUT2D eigenvalue weighted by Gasteiger charge is -2.18. The van der Waals surface area contributed by atoms with Gasteiger partial charge >= 0.3 is 0 Å². The molecule has 1 fully saturated rings. The minimum atomic E-state index is -0.624. The first kappa shape index (κ1) is 24.4. The molecule has 1 aliphatic heterocycles. The zero-order valence-electron chi connectivity index (χ0n) is 18.5. The van der Waals surface area contributed by atoms with E-state index >= 15 is 0 Å². The van der Waals surface area contributed by atoms with E-state index in [0.29, 0.717) is 9.23 Å². The first-order valence-corrected chi connectivity index (χ1v) is 11.6. The van der Waals surface area contributed by atoms with Gasteiger partial charge in [0.15, 0.2) is 5.78 Å². The Bertz CT molecular complexity index is 1260. The number of benzene rings is 1. The van der Waals surface area contributed by atoms with Gasteiger partial charge in [0.1, 0.15) is 16.0 Å². The van der Waals surface area contributed by atoms with Gasteiger partial charge in [-0.25, -0.2) is 0 Å². The third-order valence-corrected chi connectivity index (χ3v) is 6.54. The maximum atomic E-state index is 13.1. The van der Waals surface area contributed by atoms with Gasteiger partial charge in [-0.05, 0) is 30.0 Å². The molecule has 1 aromatic carbocycles. The highest BCUT2D eigenvalue weighted by molar-refractivity contribution is 8.26. The van der Waals surface area contributed by atoms with E-state index in [2.05, 4.69) is 0 Å². The maximum absolute atomic E-state index is 13.1. The zero-order chi connectivity index (χ0) is 24.3. The molecular formula is C24H23N3O4S2. The lowest BCUT2D eigenvalue weighted by molar-refractivity contribution is -0.122. The van der Waals surface area contributed by atoms with Crippen molar-refractivity contribution < 1.29 is 14.7 Å². The second kappa shape index (κ2) is 10.1. The Morgan fingerprint density at radius 3 is 2.55 bits per heavy atom. The number of aromatic hydroxyl groups is 1. The summed E-state index contributed by atoms with van der Waals surface area (Å²) in [5.41, 5.74) is 0.136. The fourth-order valence-electron chi connectivity index (χ4n) is 3.55. The van der Waals surface area contributed by atoms with E-state index < -0.39 is 17.2 Å². The molecule has 1 saturated heterocycles. The number of carbonyl (C=O) groups excluding carboxylic acids is 2. The minimum absolute atomic E-state index is 0.0113. The number of carbonyl (C=O) groups is 2. The largest absolute Gasteiger partial charge is 0.494 e. The summed E-state index contributed by atoms with van der Waals surface area (Å²) in [6.45, 7) is 5.38. The number of thiocarbonyl (C=S) groups is 1. The van der Waals surface area contributed by atoms with Gasteiger partial charge in [-0.3, -0.25) is 23.9 Å². The fourth-order valence-corrected chi connectivity index (χ4v) is 4.86. The normalized spacial score (nSPS) is 14.9. The van der Waals surface area contributed by atoms with E-state index in [9.17, 15) is 24.8 Å². The first-order chi connectivity index (χ1) is 15.6. The van der Waals surface area contributed by atoms with E-state index in [1.807, 2.05) is 50.2 Å². The fraction of sp³-hybridized carbons (Fsp3) is 0.292. The molecular weight excluding hydrogens is 458 g/mol. The van der Waals surface area contributed by atoms with Crippen molar-refractivity contribution >= 4 is 46.1 Å². The molecule has 0 aliphatic carbocycles.